The molecule has 1 unspecified atom stereocenters. The number of hydrogen-bond donors (Lipinski definition) is 1. The Morgan fingerprint density at radius 3 is 2.45 bits per heavy atom. The first-order chi connectivity index (χ1) is 17.8. The molecule has 2 aliphatic rings. The van der Waals surface area contributed by atoms with Gasteiger partial charge in [0.1, 0.15) is 12.2 Å². The molecule has 0 aromatic heterocycles. The lowest BCUT2D eigenvalue weighted by Gasteiger charge is -2.34. The number of nitrogens with zero attached hydrogens (tertiary/aromatic N) is 3. The van der Waals surface area contributed by atoms with E-state index in [4.69, 9.17) is 5.26 Å². The molecule has 0 aliphatic carbocycles. The number of alkyl halides is 4. The Bertz CT molecular complexity index is 1390. The fourth-order valence-corrected chi connectivity index (χ4v) is 6.03. The number of nitriles is 1. The van der Waals surface area contributed by atoms with Gasteiger partial charge in [0, 0.05) is 25.1 Å². The van der Waals surface area contributed by atoms with Gasteiger partial charge in [0.25, 0.3) is 5.91 Å². The van der Waals surface area contributed by atoms with Crippen molar-refractivity contribution in [2.24, 2.45) is 5.92 Å². The fraction of sp³-hybridized carbons (Fsp3) is 0.400. The van der Waals surface area contributed by atoms with E-state index in [2.05, 4.69) is 5.32 Å². The first kappa shape index (κ1) is 27.5. The van der Waals surface area contributed by atoms with Gasteiger partial charge in [-0.05, 0) is 42.8 Å². The van der Waals surface area contributed by atoms with Crippen molar-refractivity contribution in [1.29, 1.82) is 5.26 Å². The summed E-state index contributed by atoms with van der Waals surface area (Å²) < 4.78 is 80.3. The second-order valence-corrected chi connectivity index (χ2v) is 11.3. The van der Waals surface area contributed by atoms with Crippen LogP contribution in [0.5, 0.6) is 0 Å². The van der Waals surface area contributed by atoms with Gasteiger partial charge >= 0.3 is 6.18 Å². The number of likely N-dealkylation sites (tertiary alicyclic amines) is 1. The van der Waals surface area contributed by atoms with E-state index in [1.165, 1.54) is 37.3 Å². The molecule has 2 fully saturated rings. The molecule has 202 valence electrons. The summed E-state index contributed by atoms with van der Waals surface area (Å²) in [7, 11) is -3.95. The maximum Gasteiger partial charge on any atom is 0.416 e. The van der Waals surface area contributed by atoms with E-state index < -0.39 is 64.3 Å². The van der Waals surface area contributed by atoms with E-state index in [1.807, 2.05) is 6.07 Å². The number of benzene rings is 2. The zero-order valence-electron chi connectivity index (χ0n) is 20.2. The normalized spacial score (nSPS) is 21.4. The molecule has 2 saturated heterocycles. The molecule has 8 nitrogen and oxygen atoms in total. The monoisotopic (exact) mass is 552 g/mol. The van der Waals surface area contributed by atoms with Crippen LogP contribution in [-0.2, 0) is 21.0 Å². The number of rotatable bonds is 6. The van der Waals surface area contributed by atoms with Crippen molar-refractivity contribution in [1.82, 2.24) is 14.5 Å². The smallest absolute Gasteiger partial charge is 0.348 e. The Morgan fingerprint density at radius 2 is 1.79 bits per heavy atom. The van der Waals surface area contributed by atoms with Crippen LogP contribution in [0, 0.1) is 17.2 Å². The molecule has 4 rings (SSSR count). The molecule has 3 atom stereocenters. The fourth-order valence-electron chi connectivity index (χ4n) is 4.46. The van der Waals surface area contributed by atoms with Crippen molar-refractivity contribution < 1.29 is 35.6 Å². The van der Waals surface area contributed by atoms with Gasteiger partial charge in [-0.15, -0.1) is 0 Å². The Morgan fingerprint density at radius 1 is 1.11 bits per heavy atom. The minimum Gasteiger partial charge on any atom is -0.348 e. The third-order valence-electron chi connectivity index (χ3n) is 6.64. The zero-order chi connectivity index (χ0) is 27.8. The summed E-state index contributed by atoms with van der Waals surface area (Å²) in [5, 5.41) is 11.5. The van der Waals surface area contributed by atoms with E-state index in [1.54, 1.807) is 0 Å². The molecule has 1 N–H and O–H groups in total. The van der Waals surface area contributed by atoms with Crippen LogP contribution in [0.2, 0.25) is 0 Å². The lowest BCUT2D eigenvalue weighted by molar-refractivity contribution is -0.137. The van der Waals surface area contributed by atoms with Gasteiger partial charge in [0.2, 0.25) is 15.9 Å². The molecule has 0 spiro atoms. The standard InChI is InChI=1S/C25H24F4N4O4S/c1-15(17-4-2-6-19(8-17)25(27,28)29)31-23(34)22-10-20(26)14-33(22)24(35)18-5-3-7-21(9-18)38(36,37)32-12-16(11-30)13-32/h2-9,15-16,20,22H,10,12-14H2,1H3,(H,31,34)/t15?,20-,22+/m0/s1. The maximum atomic E-state index is 14.4. The van der Waals surface area contributed by atoms with Crippen LogP contribution >= 0.6 is 0 Å². The first-order valence-electron chi connectivity index (χ1n) is 11.7. The molecule has 38 heavy (non-hydrogen) atoms. The highest BCUT2D eigenvalue weighted by molar-refractivity contribution is 7.89. The predicted molar refractivity (Wildman–Crippen MR) is 127 cm³/mol. The summed E-state index contributed by atoms with van der Waals surface area (Å²) in [6, 6.07) is 9.47. The minimum atomic E-state index is -4.56. The van der Waals surface area contributed by atoms with Gasteiger partial charge in [0.15, 0.2) is 0 Å². The molecule has 2 heterocycles. The van der Waals surface area contributed by atoms with Gasteiger partial charge in [-0.3, -0.25) is 9.59 Å². The molecule has 13 heteroatoms. The Hall–Kier alpha value is -3.50. The molecule has 2 aromatic carbocycles. The molecular weight excluding hydrogens is 528 g/mol. The summed E-state index contributed by atoms with van der Waals surface area (Å²) in [6.07, 6.45) is -6.39. The van der Waals surface area contributed by atoms with Crippen molar-refractivity contribution in [3.8, 4) is 6.07 Å². The quantitative estimate of drug-likeness (QED) is 0.553. The molecule has 2 aromatic rings. The molecule has 0 bridgehead atoms. The van der Waals surface area contributed by atoms with E-state index in [-0.39, 0.29) is 35.5 Å². The average molecular weight is 553 g/mol. The van der Waals surface area contributed by atoms with Crippen molar-refractivity contribution in [3.63, 3.8) is 0 Å². The molecule has 2 amide bonds. The van der Waals surface area contributed by atoms with Gasteiger partial charge in [-0.1, -0.05) is 18.2 Å². The van der Waals surface area contributed by atoms with Gasteiger partial charge in [-0.25, -0.2) is 12.8 Å². The minimum absolute atomic E-state index is 0.0406. The third kappa shape index (κ3) is 5.51. The zero-order valence-corrected chi connectivity index (χ0v) is 21.0. The summed E-state index contributed by atoms with van der Waals surface area (Å²) in [5.41, 5.74) is -0.765. The molecule has 0 saturated carbocycles. The summed E-state index contributed by atoms with van der Waals surface area (Å²) in [6.45, 7) is 1.15. The lowest BCUT2D eigenvalue weighted by atomic mass is 10.0. The predicted octanol–water partition coefficient (Wildman–Crippen LogP) is 3.28. The van der Waals surface area contributed by atoms with E-state index in [0.717, 1.165) is 27.4 Å². The van der Waals surface area contributed by atoms with E-state index in [9.17, 15) is 35.6 Å². The van der Waals surface area contributed by atoms with E-state index in [0.29, 0.717) is 0 Å². The second kappa shape index (κ2) is 10.3. The summed E-state index contributed by atoms with van der Waals surface area (Å²) >= 11 is 0. The highest BCUT2D eigenvalue weighted by Gasteiger charge is 2.41. The summed E-state index contributed by atoms with van der Waals surface area (Å²) in [4.78, 5) is 27.1. The van der Waals surface area contributed by atoms with Crippen molar-refractivity contribution in [3.05, 3.63) is 65.2 Å². The highest BCUT2D eigenvalue weighted by atomic mass is 32.2. The first-order valence-corrected chi connectivity index (χ1v) is 13.2. The molecule has 0 radical (unpaired) electrons. The summed E-state index contributed by atoms with van der Waals surface area (Å²) in [5.74, 6) is -1.90. The van der Waals surface area contributed by atoms with Crippen LogP contribution in [0.25, 0.3) is 0 Å². The largest absolute Gasteiger partial charge is 0.416 e. The lowest BCUT2D eigenvalue weighted by Crippen LogP contribution is -2.49. The van der Waals surface area contributed by atoms with Crippen LogP contribution in [0.15, 0.2) is 53.4 Å². The van der Waals surface area contributed by atoms with Crippen LogP contribution < -0.4 is 5.32 Å². The number of amides is 2. The van der Waals surface area contributed by atoms with E-state index >= 15 is 0 Å². The topological polar surface area (TPSA) is 111 Å². The molecule has 2 aliphatic heterocycles. The van der Waals surface area contributed by atoms with Crippen molar-refractivity contribution in [2.75, 3.05) is 19.6 Å². The van der Waals surface area contributed by atoms with Crippen LogP contribution in [0.1, 0.15) is 40.9 Å². The maximum absolute atomic E-state index is 14.4. The van der Waals surface area contributed by atoms with Gasteiger partial charge < -0.3 is 10.2 Å². The number of carbonyl (C=O) groups is 2. The van der Waals surface area contributed by atoms with Crippen LogP contribution in [-0.4, -0.2) is 61.3 Å². The molecular formula is C25H24F4N4O4S. The van der Waals surface area contributed by atoms with Gasteiger partial charge in [-0.2, -0.15) is 22.7 Å². The van der Waals surface area contributed by atoms with Crippen LogP contribution in [0.4, 0.5) is 17.6 Å². The number of carbonyl (C=O) groups excluding carboxylic acids is 2. The SMILES string of the molecule is CC(NC(=O)[C@H]1C[C@H](F)CN1C(=O)c1cccc(S(=O)(=O)N2CC(C#N)C2)c1)c1cccc(C(F)(F)F)c1. The number of nitrogens with one attached hydrogen (secondary N) is 1. The Labute approximate surface area is 216 Å². The highest BCUT2D eigenvalue weighted by Crippen LogP contribution is 2.31. The number of sulfonamides is 1. The van der Waals surface area contributed by atoms with Crippen LogP contribution in [0.3, 0.4) is 0 Å². The van der Waals surface area contributed by atoms with Gasteiger partial charge in [0.05, 0.1) is 35.0 Å². The van der Waals surface area contributed by atoms with Crippen molar-refractivity contribution in [2.45, 2.75) is 42.7 Å². The Kier molecular flexibility index (Phi) is 7.49. The number of halogens is 4. The third-order valence-corrected chi connectivity index (χ3v) is 8.46. The second-order valence-electron chi connectivity index (χ2n) is 9.34. The average Bonchev–Trinajstić information content (AvgIpc) is 3.24. The van der Waals surface area contributed by atoms with Crippen molar-refractivity contribution >= 4 is 21.8 Å². The number of hydrogen-bond acceptors (Lipinski definition) is 5. The Balaban J connectivity index is 1.50.